The molecule has 7 heteroatoms. The minimum Gasteiger partial charge on any atom is -0.352 e. The lowest BCUT2D eigenvalue weighted by Crippen LogP contribution is -2.35. The van der Waals surface area contributed by atoms with Crippen LogP contribution in [-0.4, -0.2) is 26.7 Å². The quantitative estimate of drug-likeness (QED) is 0.358. The van der Waals surface area contributed by atoms with E-state index in [1.54, 1.807) is 4.90 Å². The summed E-state index contributed by atoms with van der Waals surface area (Å²) in [5, 5.41) is 4.23. The van der Waals surface area contributed by atoms with Gasteiger partial charge < -0.3 is 9.88 Å². The third-order valence-electron chi connectivity index (χ3n) is 6.52. The molecular weight excluding hydrogens is 462 g/mol. The number of anilines is 1. The largest absolute Gasteiger partial charge is 0.352 e. The Hall–Kier alpha value is -2.90. The highest BCUT2D eigenvalue weighted by molar-refractivity contribution is 8.27. The van der Waals surface area contributed by atoms with Crippen LogP contribution >= 0.6 is 24.0 Å². The number of nitrogens with zero attached hydrogens (tertiary/aromatic N) is 2. The van der Waals surface area contributed by atoms with Gasteiger partial charge in [-0.15, -0.1) is 0 Å². The van der Waals surface area contributed by atoms with E-state index in [2.05, 4.69) is 24.4 Å². The SMILES string of the molecule is CCc1cccc2c(/C=C3\SC(=S)N(c4ccccc4)C3=O)cn(CC(=O)NC3CCCC3)c12. The number of thioether (sulfide) groups is 1. The Morgan fingerprint density at radius 2 is 1.91 bits per heavy atom. The molecule has 5 rings (SSSR count). The predicted molar refractivity (Wildman–Crippen MR) is 144 cm³/mol. The van der Waals surface area contributed by atoms with Gasteiger partial charge in [0.15, 0.2) is 4.32 Å². The molecule has 0 unspecified atom stereocenters. The van der Waals surface area contributed by atoms with Gasteiger partial charge in [-0.25, -0.2) is 0 Å². The normalized spacial score (nSPS) is 17.9. The fourth-order valence-electron chi connectivity index (χ4n) is 4.90. The highest BCUT2D eigenvalue weighted by atomic mass is 32.2. The van der Waals surface area contributed by atoms with Gasteiger partial charge in [-0.1, -0.05) is 80.1 Å². The minimum atomic E-state index is -0.118. The van der Waals surface area contributed by atoms with Crippen LogP contribution in [0.4, 0.5) is 5.69 Å². The molecule has 1 saturated heterocycles. The van der Waals surface area contributed by atoms with Crippen molar-refractivity contribution >= 4 is 62.8 Å². The number of para-hydroxylation sites is 2. The van der Waals surface area contributed by atoms with Gasteiger partial charge >= 0.3 is 0 Å². The molecule has 1 saturated carbocycles. The van der Waals surface area contributed by atoms with E-state index in [4.69, 9.17) is 12.2 Å². The highest BCUT2D eigenvalue weighted by Crippen LogP contribution is 2.37. The van der Waals surface area contributed by atoms with Crippen LogP contribution in [0.3, 0.4) is 0 Å². The number of carbonyl (C=O) groups excluding carboxylic acids is 2. The first-order chi connectivity index (χ1) is 16.5. The zero-order valence-electron chi connectivity index (χ0n) is 19.1. The van der Waals surface area contributed by atoms with Crippen LogP contribution in [0.15, 0.2) is 59.6 Å². The first-order valence-corrected chi connectivity index (χ1v) is 13.0. The molecule has 2 heterocycles. The van der Waals surface area contributed by atoms with Crippen molar-refractivity contribution in [2.24, 2.45) is 0 Å². The van der Waals surface area contributed by atoms with E-state index in [1.807, 2.05) is 53.2 Å². The smallest absolute Gasteiger partial charge is 0.270 e. The van der Waals surface area contributed by atoms with Gasteiger partial charge in [-0.3, -0.25) is 14.5 Å². The van der Waals surface area contributed by atoms with Crippen molar-refractivity contribution in [3.05, 3.63) is 70.8 Å². The Kier molecular flexibility index (Phi) is 6.57. The molecule has 0 bridgehead atoms. The van der Waals surface area contributed by atoms with E-state index >= 15 is 0 Å². The van der Waals surface area contributed by atoms with Gasteiger partial charge in [0.05, 0.1) is 16.1 Å². The van der Waals surface area contributed by atoms with Crippen LogP contribution in [0.1, 0.15) is 43.7 Å². The average molecular weight is 490 g/mol. The summed E-state index contributed by atoms with van der Waals surface area (Å²) in [6.45, 7) is 2.39. The van der Waals surface area contributed by atoms with Crippen LogP contribution in [0.2, 0.25) is 0 Å². The first-order valence-electron chi connectivity index (χ1n) is 11.8. The van der Waals surface area contributed by atoms with Crippen LogP contribution in [0.5, 0.6) is 0 Å². The number of nitrogens with one attached hydrogen (secondary N) is 1. The summed E-state index contributed by atoms with van der Waals surface area (Å²) < 4.78 is 2.55. The van der Waals surface area contributed by atoms with Gasteiger partial charge in [0.1, 0.15) is 6.54 Å². The fourth-order valence-corrected chi connectivity index (χ4v) is 6.19. The predicted octanol–water partition coefficient (Wildman–Crippen LogP) is 5.67. The van der Waals surface area contributed by atoms with E-state index in [1.165, 1.54) is 30.2 Å². The average Bonchev–Trinajstić information content (AvgIpc) is 3.54. The van der Waals surface area contributed by atoms with Gasteiger partial charge in [0, 0.05) is 23.2 Å². The van der Waals surface area contributed by atoms with Crippen LogP contribution in [0.25, 0.3) is 17.0 Å². The Morgan fingerprint density at radius 3 is 2.65 bits per heavy atom. The van der Waals surface area contributed by atoms with E-state index in [0.717, 1.165) is 41.4 Å². The molecule has 0 spiro atoms. The molecule has 0 radical (unpaired) electrons. The zero-order chi connectivity index (χ0) is 23.7. The highest BCUT2D eigenvalue weighted by Gasteiger charge is 2.33. The second-order valence-corrected chi connectivity index (χ2v) is 10.5. The molecule has 2 aromatic carbocycles. The lowest BCUT2D eigenvalue weighted by molar-refractivity contribution is -0.122. The van der Waals surface area contributed by atoms with Crippen molar-refractivity contribution in [3.8, 4) is 0 Å². The second-order valence-electron chi connectivity index (χ2n) is 8.78. The number of rotatable bonds is 6. The maximum atomic E-state index is 13.2. The van der Waals surface area contributed by atoms with Gasteiger partial charge in [0.2, 0.25) is 5.91 Å². The summed E-state index contributed by atoms with van der Waals surface area (Å²) in [5.41, 5.74) is 3.93. The Bertz CT molecular complexity index is 1290. The molecule has 2 amide bonds. The number of benzene rings is 2. The molecule has 0 atom stereocenters. The summed E-state index contributed by atoms with van der Waals surface area (Å²) in [6, 6.07) is 16.0. The fraction of sp³-hybridized carbons (Fsp3) is 0.296. The Morgan fingerprint density at radius 1 is 1.15 bits per heavy atom. The van der Waals surface area contributed by atoms with Gasteiger partial charge in [0.25, 0.3) is 5.91 Å². The number of hydrogen-bond donors (Lipinski definition) is 1. The van der Waals surface area contributed by atoms with E-state index < -0.39 is 0 Å². The molecule has 1 aromatic heterocycles. The number of aromatic nitrogens is 1. The Balaban J connectivity index is 1.49. The monoisotopic (exact) mass is 489 g/mol. The van der Waals surface area contributed by atoms with Crippen molar-refractivity contribution in [3.63, 3.8) is 0 Å². The molecule has 174 valence electrons. The summed E-state index contributed by atoms with van der Waals surface area (Å²) >= 11 is 6.84. The van der Waals surface area contributed by atoms with E-state index in [0.29, 0.717) is 15.3 Å². The zero-order valence-corrected chi connectivity index (χ0v) is 20.8. The van der Waals surface area contributed by atoms with Crippen molar-refractivity contribution < 1.29 is 9.59 Å². The number of amides is 2. The van der Waals surface area contributed by atoms with E-state index in [9.17, 15) is 9.59 Å². The van der Waals surface area contributed by atoms with Crippen LogP contribution in [-0.2, 0) is 22.6 Å². The maximum Gasteiger partial charge on any atom is 0.270 e. The molecule has 2 aliphatic rings. The number of aryl methyl sites for hydroxylation is 1. The number of fused-ring (bicyclic) bond motifs is 1. The lowest BCUT2D eigenvalue weighted by atomic mass is 10.1. The number of thiocarbonyl (C=S) groups is 1. The molecule has 3 aromatic rings. The van der Waals surface area contributed by atoms with Crippen molar-refractivity contribution in [2.75, 3.05) is 4.90 Å². The first kappa shape index (κ1) is 22.9. The maximum absolute atomic E-state index is 13.2. The summed E-state index contributed by atoms with van der Waals surface area (Å²) in [5.74, 6) is -0.0793. The lowest BCUT2D eigenvalue weighted by Gasteiger charge is -2.13. The molecule has 5 nitrogen and oxygen atoms in total. The molecule has 1 aliphatic carbocycles. The molecular formula is C27H27N3O2S2. The van der Waals surface area contributed by atoms with E-state index in [-0.39, 0.29) is 18.4 Å². The Labute approximate surface area is 209 Å². The standard InChI is InChI=1S/C27H27N3O2S2/c1-2-18-9-8-14-22-19(16-29(25(18)22)17-24(31)28-20-10-6-7-11-20)15-23-26(32)30(27(33)34-23)21-12-4-3-5-13-21/h3-5,8-9,12-16,20H,2,6-7,10-11,17H2,1H3,(H,28,31)/b23-15-. The van der Waals surface area contributed by atoms with Crippen molar-refractivity contribution in [1.29, 1.82) is 0 Å². The minimum absolute atomic E-state index is 0.0386. The summed E-state index contributed by atoms with van der Waals surface area (Å²) in [6.07, 6.45) is 9.26. The van der Waals surface area contributed by atoms with Gasteiger partial charge in [-0.2, -0.15) is 0 Å². The summed E-state index contributed by atoms with van der Waals surface area (Å²) in [7, 11) is 0. The summed E-state index contributed by atoms with van der Waals surface area (Å²) in [4.78, 5) is 28.2. The topological polar surface area (TPSA) is 54.3 Å². The third-order valence-corrected chi connectivity index (χ3v) is 7.82. The molecule has 34 heavy (non-hydrogen) atoms. The number of hydrogen-bond acceptors (Lipinski definition) is 4. The van der Waals surface area contributed by atoms with Crippen molar-refractivity contribution in [1.82, 2.24) is 9.88 Å². The third kappa shape index (κ3) is 4.42. The van der Waals surface area contributed by atoms with Gasteiger partial charge in [-0.05, 0) is 43.0 Å². The molecule has 1 N–H and O–H groups in total. The molecule has 2 fully saturated rings. The second kappa shape index (κ2) is 9.76. The van der Waals surface area contributed by atoms with Crippen LogP contribution in [0, 0.1) is 0 Å². The van der Waals surface area contributed by atoms with Crippen LogP contribution < -0.4 is 10.2 Å². The number of carbonyl (C=O) groups is 2. The van der Waals surface area contributed by atoms with Crippen molar-refractivity contribution in [2.45, 2.75) is 51.6 Å². The molecule has 1 aliphatic heterocycles.